The van der Waals surface area contributed by atoms with Crippen LogP contribution in [-0.4, -0.2) is 16.3 Å². The maximum Gasteiger partial charge on any atom is 0.573 e. The smallest absolute Gasteiger partial charge is 0.397 e. The molecule has 0 atom stereocenters. The van der Waals surface area contributed by atoms with Gasteiger partial charge in [-0.3, -0.25) is 0 Å². The normalized spacial score (nSPS) is 10.6. The first-order valence-corrected chi connectivity index (χ1v) is 3.64. The number of ether oxygens (including phenoxy) is 1. The van der Waals surface area contributed by atoms with Crippen molar-refractivity contribution < 1.29 is 22.8 Å². The van der Waals surface area contributed by atoms with E-state index in [2.05, 4.69) is 9.72 Å². The molecule has 1 heterocycles. The molecule has 9 heteroatoms. The Labute approximate surface area is 86.0 Å². The van der Waals surface area contributed by atoms with Crippen molar-refractivity contribution in [3.63, 3.8) is 0 Å². The summed E-state index contributed by atoms with van der Waals surface area (Å²) in [6.45, 7) is 0. The number of aromatic nitrogens is 1. The third kappa shape index (κ3) is 2.81. The van der Waals surface area contributed by atoms with Crippen molar-refractivity contribution in [2.24, 2.45) is 0 Å². The first kappa shape index (κ1) is 11.7. The molecule has 16 heavy (non-hydrogen) atoms. The molecule has 0 aromatic carbocycles. The topological polar surface area (TPSA) is 89.0 Å². The Morgan fingerprint density at radius 1 is 1.56 bits per heavy atom. The number of nitro groups is 1. The van der Waals surface area contributed by atoms with Crippen LogP contribution in [0.3, 0.4) is 0 Å². The Bertz CT molecular complexity index is 466. The van der Waals surface area contributed by atoms with E-state index < -0.39 is 22.9 Å². The highest BCUT2D eigenvalue weighted by atomic mass is 19.4. The van der Waals surface area contributed by atoms with Crippen LogP contribution in [0, 0.1) is 21.4 Å². The first-order chi connectivity index (χ1) is 7.33. The molecule has 0 unspecified atom stereocenters. The lowest BCUT2D eigenvalue weighted by Crippen LogP contribution is -2.18. The molecule has 1 aromatic rings. The lowest BCUT2D eigenvalue weighted by molar-refractivity contribution is -0.393. The van der Waals surface area contributed by atoms with Gasteiger partial charge in [0, 0.05) is 6.07 Å². The monoisotopic (exact) mass is 233 g/mol. The van der Waals surface area contributed by atoms with Gasteiger partial charge in [-0.2, -0.15) is 5.26 Å². The van der Waals surface area contributed by atoms with E-state index in [0.717, 1.165) is 6.20 Å². The number of pyridine rings is 1. The summed E-state index contributed by atoms with van der Waals surface area (Å²) >= 11 is 0. The summed E-state index contributed by atoms with van der Waals surface area (Å²) in [5.74, 6) is -2.21. The van der Waals surface area contributed by atoms with Crippen LogP contribution in [0.2, 0.25) is 0 Å². The molecule has 6 nitrogen and oxygen atoms in total. The van der Waals surface area contributed by atoms with Crippen LogP contribution in [0.15, 0.2) is 12.3 Å². The summed E-state index contributed by atoms with van der Waals surface area (Å²) in [6.07, 6.45) is -4.30. The number of hydrogen-bond acceptors (Lipinski definition) is 5. The Hall–Kier alpha value is -2.37. The number of nitrogens with zero attached hydrogens (tertiary/aromatic N) is 3. The quantitative estimate of drug-likeness (QED) is 0.573. The van der Waals surface area contributed by atoms with Gasteiger partial charge < -0.3 is 14.9 Å². The number of hydrogen-bond donors (Lipinski definition) is 0. The van der Waals surface area contributed by atoms with E-state index in [0.29, 0.717) is 6.07 Å². The van der Waals surface area contributed by atoms with Crippen LogP contribution in [0.25, 0.3) is 0 Å². The number of nitriles is 1. The zero-order valence-corrected chi connectivity index (χ0v) is 7.35. The van der Waals surface area contributed by atoms with Gasteiger partial charge in [-0.15, -0.1) is 13.2 Å². The molecular weight excluding hydrogens is 231 g/mol. The maximum absolute atomic E-state index is 11.9. The Morgan fingerprint density at radius 3 is 2.62 bits per heavy atom. The van der Waals surface area contributed by atoms with Crippen molar-refractivity contribution in [2.45, 2.75) is 6.36 Å². The second-order valence-corrected chi connectivity index (χ2v) is 2.46. The van der Waals surface area contributed by atoms with E-state index in [1.54, 1.807) is 0 Å². The summed E-state index contributed by atoms with van der Waals surface area (Å²) < 4.78 is 39.0. The molecule has 0 saturated heterocycles. The second kappa shape index (κ2) is 4.01. The van der Waals surface area contributed by atoms with Crippen molar-refractivity contribution in [1.82, 2.24) is 4.98 Å². The highest BCUT2D eigenvalue weighted by Gasteiger charge is 2.35. The Kier molecular flexibility index (Phi) is 2.94. The van der Waals surface area contributed by atoms with Gasteiger partial charge in [0.05, 0.1) is 5.56 Å². The number of rotatable bonds is 2. The van der Waals surface area contributed by atoms with Gasteiger partial charge >= 0.3 is 12.2 Å². The highest BCUT2D eigenvalue weighted by Crippen LogP contribution is 2.30. The molecule has 0 saturated carbocycles. The van der Waals surface area contributed by atoms with Crippen molar-refractivity contribution in [3.8, 4) is 11.8 Å². The van der Waals surface area contributed by atoms with Crippen LogP contribution in [0.5, 0.6) is 5.75 Å². The van der Waals surface area contributed by atoms with E-state index >= 15 is 0 Å². The predicted octanol–water partition coefficient (Wildman–Crippen LogP) is 1.76. The van der Waals surface area contributed by atoms with E-state index in [1.807, 2.05) is 0 Å². The van der Waals surface area contributed by atoms with Crippen molar-refractivity contribution >= 4 is 5.82 Å². The average Bonchev–Trinajstić information content (AvgIpc) is 2.14. The molecule has 0 bridgehead atoms. The van der Waals surface area contributed by atoms with Crippen LogP contribution >= 0.6 is 0 Å². The van der Waals surface area contributed by atoms with Gasteiger partial charge in [-0.25, -0.2) is 0 Å². The van der Waals surface area contributed by atoms with Gasteiger partial charge in [-0.05, 0) is 9.91 Å². The second-order valence-electron chi connectivity index (χ2n) is 2.46. The molecule has 1 rings (SSSR count). The first-order valence-electron chi connectivity index (χ1n) is 3.64. The fourth-order valence-electron chi connectivity index (χ4n) is 0.835. The van der Waals surface area contributed by atoms with Crippen molar-refractivity contribution in [1.29, 1.82) is 5.26 Å². The Balaban J connectivity index is 3.22. The van der Waals surface area contributed by atoms with Gasteiger partial charge in [0.2, 0.25) is 5.75 Å². The molecule has 0 aliphatic rings. The van der Waals surface area contributed by atoms with E-state index in [1.165, 1.54) is 6.07 Å². The van der Waals surface area contributed by atoms with Crippen molar-refractivity contribution in [2.75, 3.05) is 0 Å². The van der Waals surface area contributed by atoms with Crippen LogP contribution in [0.1, 0.15) is 5.56 Å². The predicted molar refractivity (Wildman–Crippen MR) is 42.3 cm³/mol. The molecule has 1 aromatic heterocycles. The van der Waals surface area contributed by atoms with E-state index in [4.69, 9.17) is 5.26 Å². The fourth-order valence-corrected chi connectivity index (χ4v) is 0.835. The van der Waals surface area contributed by atoms with Crippen LogP contribution < -0.4 is 4.74 Å². The molecular formula is C7H2F3N3O3. The third-order valence-electron chi connectivity index (χ3n) is 1.36. The molecule has 0 aliphatic heterocycles. The molecule has 0 fully saturated rings. The minimum atomic E-state index is -5.08. The third-order valence-corrected chi connectivity index (χ3v) is 1.36. The summed E-state index contributed by atoms with van der Waals surface area (Å²) in [4.78, 5) is 12.3. The minimum Gasteiger partial charge on any atom is -0.397 e. The molecule has 0 amide bonds. The molecule has 0 spiro atoms. The van der Waals surface area contributed by atoms with Crippen LogP contribution in [0.4, 0.5) is 19.0 Å². The lowest BCUT2D eigenvalue weighted by Gasteiger charge is -2.08. The van der Waals surface area contributed by atoms with Crippen molar-refractivity contribution in [3.05, 3.63) is 27.9 Å². The van der Waals surface area contributed by atoms with E-state index in [-0.39, 0.29) is 5.56 Å². The maximum atomic E-state index is 11.9. The summed E-state index contributed by atoms with van der Waals surface area (Å²) in [7, 11) is 0. The van der Waals surface area contributed by atoms with Gasteiger partial charge in [0.1, 0.15) is 6.07 Å². The Morgan fingerprint density at radius 2 is 2.19 bits per heavy atom. The van der Waals surface area contributed by atoms with Crippen LogP contribution in [-0.2, 0) is 0 Å². The molecule has 84 valence electrons. The highest BCUT2D eigenvalue weighted by molar-refractivity contribution is 5.45. The molecule has 0 aliphatic carbocycles. The molecule has 0 N–H and O–H groups in total. The van der Waals surface area contributed by atoms with E-state index in [9.17, 15) is 23.3 Å². The average molecular weight is 233 g/mol. The van der Waals surface area contributed by atoms with Gasteiger partial charge in [-0.1, -0.05) is 0 Å². The van der Waals surface area contributed by atoms with Gasteiger partial charge in [0.25, 0.3) is 0 Å². The molecule has 0 radical (unpaired) electrons. The number of alkyl halides is 3. The summed E-state index contributed by atoms with van der Waals surface area (Å²) in [6, 6.07) is 2.08. The number of halogens is 3. The minimum absolute atomic E-state index is 0.273. The lowest BCUT2D eigenvalue weighted by atomic mass is 10.3. The van der Waals surface area contributed by atoms with Gasteiger partial charge in [0.15, 0.2) is 6.20 Å². The zero-order chi connectivity index (χ0) is 12.3. The standard InChI is InChI=1S/C7H2F3N3O3/c8-7(9,10)16-5-1-4(2-11)3-12-6(5)13(14)15/h1,3H. The summed E-state index contributed by atoms with van der Waals surface area (Å²) in [5, 5.41) is 18.7. The largest absolute Gasteiger partial charge is 0.573 e. The zero-order valence-electron chi connectivity index (χ0n) is 7.35. The fraction of sp³-hybridized carbons (Fsp3) is 0.143. The SMILES string of the molecule is N#Cc1cnc([N+](=O)[O-])c(OC(F)(F)F)c1. The summed E-state index contributed by atoms with van der Waals surface area (Å²) in [5.41, 5.74) is -0.273.